The summed E-state index contributed by atoms with van der Waals surface area (Å²) >= 11 is 0. The molecule has 0 rings (SSSR count). The van der Waals surface area contributed by atoms with Crippen molar-refractivity contribution in [2.24, 2.45) is 0 Å². The molecule has 0 aromatic carbocycles. The molecular weight excluding hydrogens is 312 g/mol. The van der Waals surface area contributed by atoms with E-state index < -0.39 is 23.9 Å². The molecule has 0 atom stereocenters. The second-order valence-corrected chi connectivity index (χ2v) is 2.81. The zero-order valence-electron chi connectivity index (χ0n) is 11.7. The third kappa shape index (κ3) is 24.1. The number of carboxylic acid groups (broad SMARTS) is 2. The molecule has 0 aliphatic rings. The van der Waals surface area contributed by atoms with Crippen LogP contribution in [0, 0.1) is 0 Å². The van der Waals surface area contributed by atoms with E-state index >= 15 is 0 Å². The number of rotatable bonds is 6. The molecule has 0 saturated carbocycles. The molecule has 0 heterocycles. The van der Waals surface area contributed by atoms with Gasteiger partial charge in [-0.25, -0.2) is 9.59 Å². The molecule has 0 aromatic rings. The number of esters is 2. The Kier molecular flexibility index (Phi) is 19.6. The van der Waals surface area contributed by atoms with Crippen LogP contribution in [0.4, 0.5) is 0 Å². The average Bonchev–Trinajstić information content (AvgIpc) is 2.35. The van der Waals surface area contributed by atoms with Gasteiger partial charge < -0.3 is 29.3 Å². The van der Waals surface area contributed by atoms with Crippen molar-refractivity contribution in [3.63, 3.8) is 0 Å². The number of hydrogen-bond acceptors (Lipinski definition) is 8. The minimum atomic E-state index is -1.41. The molecule has 0 saturated heterocycles. The first-order chi connectivity index (χ1) is 9.33. The number of carboxylic acids is 2. The SMILES string of the molecule is CCOC(=O)C=CC(=O)[O-].CCOC(=O)C=CC(=O)[O-].[Ca+2]. The summed E-state index contributed by atoms with van der Waals surface area (Å²) in [4.78, 5) is 40.1. The summed E-state index contributed by atoms with van der Waals surface area (Å²) in [7, 11) is 0. The van der Waals surface area contributed by atoms with Crippen LogP contribution < -0.4 is 10.2 Å². The summed E-state index contributed by atoms with van der Waals surface area (Å²) in [6, 6.07) is 0. The summed E-state index contributed by atoms with van der Waals surface area (Å²) in [6.45, 7) is 3.72. The Bertz CT molecular complexity index is 362. The zero-order chi connectivity index (χ0) is 16.0. The first-order valence-electron chi connectivity index (χ1n) is 5.45. The quantitative estimate of drug-likeness (QED) is 0.293. The van der Waals surface area contributed by atoms with Crippen LogP contribution in [0.25, 0.3) is 0 Å². The first-order valence-corrected chi connectivity index (χ1v) is 5.45. The molecule has 8 nitrogen and oxygen atoms in total. The molecule has 0 aliphatic carbocycles. The van der Waals surface area contributed by atoms with E-state index in [-0.39, 0.29) is 51.0 Å². The maximum absolute atomic E-state index is 10.3. The third-order valence-electron chi connectivity index (χ3n) is 1.28. The predicted molar refractivity (Wildman–Crippen MR) is 67.3 cm³/mol. The maximum atomic E-state index is 10.3. The maximum Gasteiger partial charge on any atom is 2.00 e. The van der Waals surface area contributed by atoms with Crippen molar-refractivity contribution < 1.29 is 38.9 Å². The molecule has 0 amide bonds. The third-order valence-corrected chi connectivity index (χ3v) is 1.28. The molecule has 0 aromatic heterocycles. The summed E-state index contributed by atoms with van der Waals surface area (Å²) in [5.74, 6) is -4.17. The van der Waals surface area contributed by atoms with Gasteiger partial charge in [0.05, 0.1) is 25.2 Å². The van der Waals surface area contributed by atoms with Crippen molar-refractivity contribution in [2.45, 2.75) is 13.8 Å². The minimum absolute atomic E-state index is 0. The van der Waals surface area contributed by atoms with E-state index in [1.165, 1.54) is 0 Å². The topological polar surface area (TPSA) is 133 Å². The number of ether oxygens (including phenoxy) is 2. The van der Waals surface area contributed by atoms with Crippen LogP contribution in [0.3, 0.4) is 0 Å². The van der Waals surface area contributed by atoms with Crippen LogP contribution in [0.5, 0.6) is 0 Å². The van der Waals surface area contributed by atoms with E-state index in [9.17, 15) is 29.4 Å². The standard InChI is InChI=1S/2C6H8O4.Ca/c2*1-2-10-6(9)4-3-5(7)8;/h2*3-4H,2H2,1H3,(H,7,8);/q;;+2/p-2. The van der Waals surface area contributed by atoms with Crippen molar-refractivity contribution in [1.82, 2.24) is 0 Å². The van der Waals surface area contributed by atoms with Crippen molar-refractivity contribution in [3.05, 3.63) is 24.3 Å². The van der Waals surface area contributed by atoms with Crippen LogP contribution in [-0.4, -0.2) is 74.8 Å². The van der Waals surface area contributed by atoms with Crippen LogP contribution in [0.1, 0.15) is 13.8 Å². The van der Waals surface area contributed by atoms with E-state index in [1.54, 1.807) is 13.8 Å². The molecule has 112 valence electrons. The zero-order valence-corrected chi connectivity index (χ0v) is 13.9. The Balaban J connectivity index is -0.000000295. The van der Waals surface area contributed by atoms with E-state index in [0.29, 0.717) is 12.2 Å². The minimum Gasteiger partial charge on any atom is -0.545 e. The van der Waals surface area contributed by atoms with E-state index in [2.05, 4.69) is 9.47 Å². The molecular formula is C12H14CaO8. The van der Waals surface area contributed by atoms with Gasteiger partial charge in [-0.15, -0.1) is 0 Å². The van der Waals surface area contributed by atoms with Gasteiger partial charge >= 0.3 is 49.7 Å². The molecule has 9 heteroatoms. The molecule has 0 aliphatic heterocycles. The van der Waals surface area contributed by atoms with Gasteiger partial charge in [-0.05, 0) is 26.0 Å². The summed E-state index contributed by atoms with van der Waals surface area (Å²) < 4.78 is 8.75. The fourth-order valence-corrected chi connectivity index (χ4v) is 0.653. The van der Waals surface area contributed by atoms with Gasteiger partial charge in [0, 0.05) is 12.2 Å². The van der Waals surface area contributed by atoms with Crippen molar-refractivity contribution in [2.75, 3.05) is 13.2 Å². The molecule has 0 spiro atoms. The number of carbonyl (C=O) groups is 4. The van der Waals surface area contributed by atoms with Gasteiger partial charge in [-0.1, -0.05) is 0 Å². The summed E-state index contributed by atoms with van der Waals surface area (Å²) in [5.41, 5.74) is 0. The molecule has 0 radical (unpaired) electrons. The smallest absolute Gasteiger partial charge is 0.545 e. The van der Waals surface area contributed by atoms with Crippen LogP contribution in [-0.2, 0) is 28.7 Å². The number of hydrogen-bond donors (Lipinski definition) is 0. The van der Waals surface area contributed by atoms with Crippen molar-refractivity contribution in [3.8, 4) is 0 Å². The Morgan fingerprint density at radius 3 is 1.24 bits per heavy atom. The molecule has 0 fully saturated rings. The number of carbonyl (C=O) groups excluding carboxylic acids is 4. The van der Waals surface area contributed by atoms with Crippen molar-refractivity contribution >= 4 is 61.6 Å². The van der Waals surface area contributed by atoms with E-state index in [0.717, 1.165) is 12.2 Å². The van der Waals surface area contributed by atoms with Gasteiger partial charge in [-0.2, -0.15) is 0 Å². The largest absolute Gasteiger partial charge is 2.00 e. The van der Waals surface area contributed by atoms with E-state index in [1.807, 2.05) is 0 Å². The van der Waals surface area contributed by atoms with Gasteiger partial charge in [0.15, 0.2) is 0 Å². The molecule has 0 N–H and O–H groups in total. The second-order valence-electron chi connectivity index (χ2n) is 2.81. The first kappa shape index (κ1) is 24.6. The fourth-order valence-electron chi connectivity index (χ4n) is 0.653. The van der Waals surface area contributed by atoms with Gasteiger partial charge in [0.25, 0.3) is 0 Å². The Hall–Kier alpha value is -1.38. The Labute approximate surface area is 151 Å². The summed E-state index contributed by atoms with van der Waals surface area (Å²) in [5, 5.41) is 19.4. The van der Waals surface area contributed by atoms with E-state index in [4.69, 9.17) is 0 Å². The Morgan fingerprint density at radius 2 is 1.05 bits per heavy atom. The fraction of sp³-hybridized carbons (Fsp3) is 0.333. The normalized spacial score (nSPS) is 9.24. The van der Waals surface area contributed by atoms with Crippen LogP contribution in [0.2, 0.25) is 0 Å². The van der Waals surface area contributed by atoms with Crippen LogP contribution in [0.15, 0.2) is 24.3 Å². The predicted octanol–water partition coefficient (Wildman–Crippen LogP) is -2.67. The average molecular weight is 326 g/mol. The second kappa shape index (κ2) is 16.7. The van der Waals surface area contributed by atoms with Crippen molar-refractivity contribution in [1.29, 1.82) is 0 Å². The van der Waals surface area contributed by atoms with Gasteiger partial charge in [0.1, 0.15) is 0 Å². The molecule has 21 heavy (non-hydrogen) atoms. The molecule has 0 bridgehead atoms. The van der Waals surface area contributed by atoms with Crippen LogP contribution >= 0.6 is 0 Å². The van der Waals surface area contributed by atoms with Gasteiger partial charge in [0.2, 0.25) is 0 Å². The monoisotopic (exact) mass is 326 g/mol. The Morgan fingerprint density at radius 1 is 0.762 bits per heavy atom. The molecule has 0 unspecified atom stereocenters. The number of aliphatic carboxylic acids is 2. The summed E-state index contributed by atoms with van der Waals surface area (Å²) in [6.07, 6.45) is 2.85. The van der Waals surface area contributed by atoms with Gasteiger partial charge in [-0.3, -0.25) is 0 Å².